The summed E-state index contributed by atoms with van der Waals surface area (Å²) in [7, 11) is 0. The zero-order valence-electron chi connectivity index (χ0n) is 14.2. The Morgan fingerprint density at radius 2 is 1.79 bits per heavy atom. The van der Waals surface area contributed by atoms with Gasteiger partial charge < -0.3 is 5.32 Å². The van der Waals surface area contributed by atoms with Gasteiger partial charge in [-0.25, -0.2) is 0 Å². The van der Waals surface area contributed by atoms with Crippen molar-refractivity contribution in [3.63, 3.8) is 0 Å². The molecular weight excluding hydrogens is 338 g/mol. The minimum atomic E-state index is 0.0991. The fourth-order valence-electron chi connectivity index (χ4n) is 2.44. The monoisotopic (exact) mass is 361 g/mol. The third-order valence-corrected chi connectivity index (χ3v) is 5.20. The third kappa shape index (κ3) is 6.21. The van der Waals surface area contributed by atoms with Gasteiger partial charge in [-0.2, -0.15) is 0 Å². The van der Waals surface area contributed by atoms with Crippen LogP contribution in [0.2, 0.25) is 5.02 Å². The van der Waals surface area contributed by atoms with Crippen LogP contribution in [0.25, 0.3) is 0 Å². The lowest BCUT2D eigenvalue weighted by atomic mass is 10.0. The number of halogens is 1. The molecule has 0 saturated heterocycles. The van der Waals surface area contributed by atoms with Crippen LogP contribution >= 0.6 is 23.4 Å². The Balaban J connectivity index is 1.73. The van der Waals surface area contributed by atoms with E-state index in [2.05, 4.69) is 43.4 Å². The van der Waals surface area contributed by atoms with Crippen molar-refractivity contribution in [3.05, 3.63) is 64.7 Å². The average molecular weight is 362 g/mol. The highest BCUT2D eigenvalue weighted by Gasteiger charge is 2.12. The molecule has 2 nitrogen and oxygen atoms in total. The standard InChI is InChI=1S/C20H24ClNOS/c1-3-19(16-8-6-15(2)7-9-16)22-20(23)5-4-14-24-18-12-10-17(21)11-13-18/h6-13,19H,3-5,14H2,1-2H3,(H,22,23). The van der Waals surface area contributed by atoms with E-state index in [1.54, 1.807) is 11.8 Å². The molecule has 2 rings (SSSR count). The van der Waals surface area contributed by atoms with Gasteiger partial charge in [0.1, 0.15) is 0 Å². The lowest BCUT2D eigenvalue weighted by Gasteiger charge is -2.17. The highest BCUT2D eigenvalue weighted by Crippen LogP contribution is 2.22. The van der Waals surface area contributed by atoms with Gasteiger partial charge in [0.15, 0.2) is 0 Å². The molecule has 4 heteroatoms. The van der Waals surface area contributed by atoms with E-state index in [1.165, 1.54) is 16.0 Å². The Hall–Kier alpha value is -1.45. The number of rotatable bonds is 8. The minimum absolute atomic E-state index is 0.0991. The van der Waals surface area contributed by atoms with E-state index in [0.717, 1.165) is 23.6 Å². The van der Waals surface area contributed by atoms with Crippen molar-refractivity contribution in [2.24, 2.45) is 0 Å². The number of carbonyl (C=O) groups excluding carboxylic acids is 1. The summed E-state index contributed by atoms with van der Waals surface area (Å²) >= 11 is 7.63. The van der Waals surface area contributed by atoms with Crippen molar-refractivity contribution in [3.8, 4) is 0 Å². The highest BCUT2D eigenvalue weighted by atomic mass is 35.5. The molecule has 0 aliphatic rings. The second-order valence-corrected chi connectivity index (χ2v) is 7.45. The molecule has 2 aromatic carbocycles. The maximum atomic E-state index is 12.2. The van der Waals surface area contributed by atoms with E-state index in [9.17, 15) is 4.79 Å². The molecule has 0 aliphatic carbocycles. The summed E-state index contributed by atoms with van der Waals surface area (Å²) in [6, 6.07) is 16.3. The predicted octanol–water partition coefficient (Wildman–Crippen LogP) is 5.79. The molecule has 1 amide bonds. The number of nitrogens with one attached hydrogen (secondary N) is 1. The predicted molar refractivity (Wildman–Crippen MR) is 104 cm³/mol. The lowest BCUT2D eigenvalue weighted by molar-refractivity contribution is -0.121. The van der Waals surface area contributed by atoms with Crippen molar-refractivity contribution in [1.82, 2.24) is 5.32 Å². The fourth-order valence-corrected chi connectivity index (χ4v) is 3.42. The van der Waals surface area contributed by atoms with Crippen LogP contribution in [0.3, 0.4) is 0 Å². The summed E-state index contributed by atoms with van der Waals surface area (Å²) in [5.74, 6) is 1.05. The highest BCUT2D eigenvalue weighted by molar-refractivity contribution is 7.99. The molecule has 0 aromatic heterocycles. The average Bonchev–Trinajstić information content (AvgIpc) is 2.59. The first kappa shape index (κ1) is 18.9. The number of hydrogen-bond donors (Lipinski definition) is 1. The van der Waals surface area contributed by atoms with E-state index in [4.69, 9.17) is 11.6 Å². The van der Waals surface area contributed by atoms with Crippen molar-refractivity contribution < 1.29 is 4.79 Å². The minimum Gasteiger partial charge on any atom is -0.349 e. The summed E-state index contributed by atoms with van der Waals surface area (Å²) in [6.07, 6.45) is 2.32. The molecule has 0 fully saturated rings. The Bertz CT molecular complexity index is 640. The smallest absolute Gasteiger partial charge is 0.220 e. The van der Waals surface area contributed by atoms with Gasteiger partial charge in [-0.15, -0.1) is 11.8 Å². The summed E-state index contributed by atoms with van der Waals surface area (Å²) < 4.78 is 0. The SMILES string of the molecule is CCC(NC(=O)CCCSc1ccc(Cl)cc1)c1ccc(C)cc1. The first-order valence-corrected chi connectivity index (χ1v) is 9.69. The maximum absolute atomic E-state index is 12.2. The van der Waals surface area contributed by atoms with Crippen molar-refractivity contribution in [2.45, 2.75) is 44.0 Å². The van der Waals surface area contributed by atoms with E-state index < -0.39 is 0 Å². The van der Waals surface area contributed by atoms with Crippen LogP contribution < -0.4 is 5.32 Å². The van der Waals surface area contributed by atoms with Crippen LogP contribution in [0.15, 0.2) is 53.4 Å². The number of amides is 1. The summed E-state index contributed by atoms with van der Waals surface area (Å²) in [5.41, 5.74) is 2.41. The van der Waals surface area contributed by atoms with E-state index >= 15 is 0 Å². The Kier molecular flexibility index (Phi) is 7.67. The summed E-state index contributed by atoms with van der Waals surface area (Å²) in [5, 5.41) is 3.89. The molecule has 1 atom stereocenters. The molecule has 0 radical (unpaired) electrons. The number of thioether (sulfide) groups is 1. The second kappa shape index (κ2) is 9.75. The van der Waals surface area contributed by atoms with Crippen LogP contribution in [-0.4, -0.2) is 11.7 Å². The molecule has 0 spiro atoms. The molecule has 0 bridgehead atoms. The zero-order valence-corrected chi connectivity index (χ0v) is 15.8. The van der Waals surface area contributed by atoms with Crippen LogP contribution in [-0.2, 0) is 4.79 Å². The van der Waals surface area contributed by atoms with Gasteiger partial charge >= 0.3 is 0 Å². The number of hydrogen-bond acceptors (Lipinski definition) is 2. The summed E-state index contributed by atoms with van der Waals surface area (Å²) in [4.78, 5) is 13.4. The topological polar surface area (TPSA) is 29.1 Å². The zero-order chi connectivity index (χ0) is 17.4. The molecule has 1 unspecified atom stereocenters. The van der Waals surface area contributed by atoms with Crippen LogP contribution in [0.4, 0.5) is 0 Å². The van der Waals surface area contributed by atoms with Crippen molar-refractivity contribution >= 4 is 29.3 Å². The van der Waals surface area contributed by atoms with E-state index in [0.29, 0.717) is 6.42 Å². The van der Waals surface area contributed by atoms with Crippen LogP contribution in [0, 0.1) is 6.92 Å². The fraction of sp³-hybridized carbons (Fsp3) is 0.350. The van der Waals surface area contributed by atoms with Crippen LogP contribution in [0.1, 0.15) is 43.4 Å². The van der Waals surface area contributed by atoms with Gasteiger partial charge in [-0.3, -0.25) is 4.79 Å². The molecule has 0 heterocycles. The number of carbonyl (C=O) groups is 1. The van der Waals surface area contributed by atoms with Gasteiger partial charge in [-0.05, 0) is 55.3 Å². The van der Waals surface area contributed by atoms with Gasteiger partial charge in [0.25, 0.3) is 0 Å². The number of benzene rings is 2. The van der Waals surface area contributed by atoms with Crippen molar-refractivity contribution in [2.75, 3.05) is 5.75 Å². The molecule has 2 aromatic rings. The van der Waals surface area contributed by atoms with E-state index in [1.807, 2.05) is 24.3 Å². The quantitative estimate of drug-likeness (QED) is 0.476. The Morgan fingerprint density at radius 3 is 2.42 bits per heavy atom. The van der Waals surface area contributed by atoms with Crippen LogP contribution in [0.5, 0.6) is 0 Å². The van der Waals surface area contributed by atoms with Gasteiger partial charge in [0, 0.05) is 16.3 Å². The molecule has 128 valence electrons. The molecule has 1 N–H and O–H groups in total. The summed E-state index contributed by atoms with van der Waals surface area (Å²) in [6.45, 7) is 4.17. The Morgan fingerprint density at radius 1 is 1.12 bits per heavy atom. The van der Waals surface area contributed by atoms with Crippen molar-refractivity contribution in [1.29, 1.82) is 0 Å². The van der Waals surface area contributed by atoms with E-state index in [-0.39, 0.29) is 11.9 Å². The Labute approximate surface area is 154 Å². The normalized spacial score (nSPS) is 12.0. The van der Waals surface area contributed by atoms with Gasteiger partial charge in [0.2, 0.25) is 5.91 Å². The second-order valence-electron chi connectivity index (χ2n) is 5.84. The third-order valence-electron chi connectivity index (χ3n) is 3.85. The first-order valence-electron chi connectivity index (χ1n) is 8.32. The van der Waals surface area contributed by atoms with Gasteiger partial charge in [0.05, 0.1) is 6.04 Å². The molecule has 0 aliphatic heterocycles. The largest absolute Gasteiger partial charge is 0.349 e. The maximum Gasteiger partial charge on any atom is 0.220 e. The van der Waals surface area contributed by atoms with Gasteiger partial charge in [-0.1, -0.05) is 48.4 Å². The molecule has 24 heavy (non-hydrogen) atoms. The molecule has 0 saturated carbocycles. The number of aryl methyl sites for hydroxylation is 1. The molecular formula is C20H24ClNOS. The first-order chi connectivity index (χ1) is 11.6. The lowest BCUT2D eigenvalue weighted by Crippen LogP contribution is -2.27.